The average Bonchev–Trinajstić information content (AvgIpc) is 3.21. The molecule has 0 saturated heterocycles. The Morgan fingerprint density at radius 3 is 2.71 bits per heavy atom. The van der Waals surface area contributed by atoms with E-state index >= 15 is 0 Å². The van der Waals surface area contributed by atoms with Crippen LogP contribution in [-0.2, 0) is 6.61 Å². The van der Waals surface area contributed by atoms with Gasteiger partial charge in [-0.3, -0.25) is 4.79 Å². The van der Waals surface area contributed by atoms with E-state index in [1.165, 1.54) is 0 Å². The van der Waals surface area contributed by atoms with Crippen molar-refractivity contribution in [3.63, 3.8) is 0 Å². The zero-order chi connectivity index (χ0) is 19.9. The van der Waals surface area contributed by atoms with E-state index in [1.54, 1.807) is 55.6 Å². The molecule has 2 aromatic carbocycles. The number of aliphatic hydroxyl groups excluding tert-OH is 1. The topological polar surface area (TPSA) is 80.9 Å². The number of carbonyl (C=O) groups excluding carboxylic acids is 1. The molecule has 0 atom stereocenters. The van der Waals surface area contributed by atoms with Crippen LogP contribution in [0.1, 0.15) is 29.5 Å². The van der Waals surface area contributed by atoms with Crippen LogP contribution in [0.25, 0.3) is 11.3 Å². The van der Waals surface area contributed by atoms with E-state index in [0.29, 0.717) is 40.9 Å². The molecule has 1 aromatic heterocycles. The Balaban J connectivity index is 1.78. The van der Waals surface area contributed by atoms with Crippen LogP contribution >= 0.6 is 0 Å². The Bertz CT molecular complexity index is 948. The summed E-state index contributed by atoms with van der Waals surface area (Å²) in [5.74, 6) is 2.04. The van der Waals surface area contributed by atoms with Crippen molar-refractivity contribution < 1.29 is 23.8 Å². The lowest BCUT2D eigenvalue weighted by atomic mass is 10.1. The first-order valence-electron chi connectivity index (χ1n) is 9.06. The fourth-order valence-electron chi connectivity index (χ4n) is 2.73. The third-order valence-electron chi connectivity index (χ3n) is 4.11. The number of aliphatic hydroxyl groups is 1. The maximum atomic E-state index is 12.6. The second kappa shape index (κ2) is 9.10. The lowest BCUT2D eigenvalue weighted by Gasteiger charge is -2.11. The summed E-state index contributed by atoms with van der Waals surface area (Å²) >= 11 is 0. The number of benzene rings is 2. The van der Waals surface area contributed by atoms with Crippen LogP contribution in [0.15, 0.2) is 59.0 Å². The Hall–Kier alpha value is -3.25. The Kier molecular flexibility index (Phi) is 6.34. The summed E-state index contributed by atoms with van der Waals surface area (Å²) in [5, 5.41) is 12.0. The molecule has 6 heteroatoms. The standard InChI is InChI=1S/C22H23NO5/c1-3-11-27-17-6-4-5-15(12-17)22(25)23-16-7-9-19(21(13-16)26-2)20-10-8-18(14-24)28-20/h4-10,12-13,24H,3,11,14H2,1-2H3,(H,23,25). The highest BCUT2D eigenvalue weighted by atomic mass is 16.5. The monoisotopic (exact) mass is 381 g/mol. The van der Waals surface area contributed by atoms with Gasteiger partial charge in [-0.1, -0.05) is 13.0 Å². The number of methoxy groups -OCH3 is 1. The van der Waals surface area contributed by atoms with Crippen LogP contribution in [0, 0.1) is 0 Å². The fourth-order valence-corrected chi connectivity index (χ4v) is 2.73. The average molecular weight is 381 g/mol. The number of carbonyl (C=O) groups is 1. The van der Waals surface area contributed by atoms with E-state index in [4.69, 9.17) is 19.0 Å². The number of amides is 1. The summed E-state index contributed by atoms with van der Waals surface area (Å²) in [6.07, 6.45) is 0.901. The first kappa shape index (κ1) is 19.5. The van der Waals surface area contributed by atoms with Gasteiger partial charge in [0.25, 0.3) is 5.91 Å². The zero-order valence-corrected chi connectivity index (χ0v) is 15.9. The molecule has 0 bridgehead atoms. The highest BCUT2D eigenvalue weighted by Gasteiger charge is 2.13. The predicted octanol–water partition coefficient (Wildman–Crippen LogP) is 4.49. The van der Waals surface area contributed by atoms with Gasteiger partial charge in [-0.25, -0.2) is 0 Å². The van der Waals surface area contributed by atoms with Crippen molar-refractivity contribution in [2.45, 2.75) is 20.0 Å². The van der Waals surface area contributed by atoms with Gasteiger partial charge in [0.2, 0.25) is 0 Å². The number of anilines is 1. The number of rotatable bonds is 8. The predicted molar refractivity (Wildman–Crippen MR) is 107 cm³/mol. The third-order valence-corrected chi connectivity index (χ3v) is 4.11. The van der Waals surface area contributed by atoms with Gasteiger partial charge in [-0.15, -0.1) is 0 Å². The molecule has 0 aliphatic heterocycles. The summed E-state index contributed by atoms with van der Waals surface area (Å²) in [4.78, 5) is 12.6. The molecule has 0 fully saturated rings. The van der Waals surface area contributed by atoms with Gasteiger partial charge >= 0.3 is 0 Å². The second-order valence-electron chi connectivity index (χ2n) is 6.17. The van der Waals surface area contributed by atoms with Crippen molar-refractivity contribution in [3.05, 3.63) is 65.9 Å². The number of hydrogen-bond donors (Lipinski definition) is 2. The number of nitrogens with one attached hydrogen (secondary N) is 1. The van der Waals surface area contributed by atoms with Gasteiger partial charge in [0, 0.05) is 17.3 Å². The van der Waals surface area contributed by atoms with Crippen molar-refractivity contribution in [2.75, 3.05) is 19.0 Å². The lowest BCUT2D eigenvalue weighted by molar-refractivity contribution is 0.102. The summed E-state index contributed by atoms with van der Waals surface area (Å²) in [6, 6.07) is 15.8. The Labute approximate surface area is 163 Å². The highest BCUT2D eigenvalue weighted by molar-refractivity contribution is 6.04. The largest absolute Gasteiger partial charge is 0.496 e. The van der Waals surface area contributed by atoms with Crippen LogP contribution in [0.3, 0.4) is 0 Å². The van der Waals surface area contributed by atoms with Crippen molar-refractivity contribution in [2.24, 2.45) is 0 Å². The highest BCUT2D eigenvalue weighted by Crippen LogP contribution is 2.33. The normalized spacial score (nSPS) is 10.5. The van der Waals surface area contributed by atoms with Crippen LogP contribution in [-0.4, -0.2) is 24.7 Å². The summed E-state index contributed by atoms with van der Waals surface area (Å²) in [5.41, 5.74) is 1.84. The molecule has 28 heavy (non-hydrogen) atoms. The van der Waals surface area contributed by atoms with Crippen LogP contribution in [0.2, 0.25) is 0 Å². The number of hydrogen-bond acceptors (Lipinski definition) is 5. The maximum Gasteiger partial charge on any atom is 0.255 e. The van der Waals surface area contributed by atoms with Crippen molar-refractivity contribution in [1.29, 1.82) is 0 Å². The number of ether oxygens (including phenoxy) is 2. The van der Waals surface area contributed by atoms with Crippen LogP contribution in [0.4, 0.5) is 5.69 Å². The molecular weight excluding hydrogens is 358 g/mol. The molecule has 1 amide bonds. The minimum atomic E-state index is -0.239. The van der Waals surface area contributed by atoms with Crippen molar-refractivity contribution >= 4 is 11.6 Å². The first-order valence-corrected chi connectivity index (χ1v) is 9.06. The molecule has 0 spiro atoms. The second-order valence-corrected chi connectivity index (χ2v) is 6.17. The maximum absolute atomic E-state index is 12.6. The molecule has 0 unspecified atom stereocenters. The van der Waals surface area contributed by atoms with E-state index in [1.807, 2.05) is 13.0 Å². The quantitative estimate of drug-likeness (QED) is 0.601. The molecule has 2 N–H and O–H groups in total. The van der Waals surface area contributed by atoms with Gasteiger partial charge < -0.3 is 24.3 Å². The van der Waals surface area contributed by atoms with Crippen molar-refractivity contribution in [3.8, 4) is 22.8 Å². The fraction of sp³-hybridized carbons (Fsp3) is 0.227. The van der Waals surface area contributed by atoms with E-state index in [9.17, 15) is 4.79 Å². The van der Waals surface area contributed by atoms with Crippen LogP contribution < -0.4 is 14.8 Å². The lowest BCUT2D eigenvalue weighted by Crippen LogP contribution is -2.12. The van der Waals surface area contributed by atoms with E-state index in [2.05, 4.69) is 5.32 Å². The minimum absolute atomic E-state index is 0.169. The SMILES string of the molecule is CCCOc1cccc(C(=O)Nc2ccc(-c3ccc(CO)o3)c(OC)c2)c1. The molecule has 0 radical (unpaired) electrons. The number of furan rings is 1. The van der Waals surface area contributed by atoms with E-state index < -0.39 is 0 Å². The third kappa shape index (κ3) is 4.53. The molecule has 0 aliphatic carbocycles. The molecular formula is C22H23NO5. The summed E-state index contributed by atoms with van der Waals surface area (Å²) < 4.78 is 16.6. The molecule has 0 saturated carbocycles. The molecule has 6 nitrogen and oxygen atoms in total. The Morgan fingerprint density at radius 1 is 1.14 bits per heavy atom. The first-order chi connectivity index (χ1) is 13.6. The van der Waals surface area contributed by atoms with Gasteiger partial charge in [0.15, 0.2) is 0 Å². The zero-order valence-electron chi connectivity index (χ0n) is 15.9. The molecule has 0 aliphatic rings. The van der Waals surface area contributed by atoms with Crippen molar-refractivity contribution in [1.82, 2.24) is 0 Å². The van der Waals surface area contributed by atoms with Crippen LogP contribution in [0.5, 0.6) is 11.5 Å². The minimum Gasteiger partial charge on any atom is -0.496 e. The van der Waals surface area contributed by atoms with Gasteiger partial charge in [0.1, 0.15) is 29.6 Å². The summed E-state index contributed by atoms with van der Waals surface area (Å²) in [6.45, 7) is 2.47. The van der Waals surface area contributed by atoms with Gasteiger partial charge in [-0.2, -0.15) is 0 Å². The van der Waals surface area contributed by atoms with Gasteiger partial charge in [0.05, 0.1) is 19.3 Å². The molecule has 3 rings (SSSR count). The van der Waals surface area contributed by atoms with E-state index in [0.717, 1.165) is 12.0 Å². The summed E-state index contributed by atoms with van der Waals surface area (Å²) in [7, 11) is 1.55. The molecule has 146 valence electrons. The smallest absolute Gasteiger partial charge is 0.255 e. The van der Waals surface area contributed by atoms with E-state index in [-0.39, 0.29) is 12.5 Å². The molecule has 1 heterocycles. The van der Waals surface area contributed by atoms with Gasteiger partial charge in [-0.05, 0) is 48.9 Å². The molecule has 3 aromatic rings. The Morgan fingerprint density at radius 2 is 2.00 bits per heavy atom.